The van der Waals surface area contributed by atoms with Gasteiger partial charge < -0.3 is 5.32 Å². The summed E-state index contributed by atoms with van der Waals surface area (Å²) in [5, 5.41) is 7.78. The van der Waals surface area contributed by atoms with Crippen molar-refractivity contribution >= 4 is 0 Å². The Morgan fingerprint density at radius 1 is 1.39 bits per heavy atom. The van der Waals surface area contributed by atoms with Crippen LogP contribution in [-0.4, -0.2) is 21.8 Å². The molecule has 1 aliphatic rings. The Balaban J connectivity index is 1.93. The summed E-state index contributed by atoms with van der Waals surface area (Å²) >= 11 is 0. The van der Waals surface area contributed by atoms with Crippen molar-refractivity contribution in [1.29, 1.82) is 0 Å². The Morgan fingerprint density at radius 3 is 2.94 bits per heavy atom. The SMILES string of the molecule is CNCc1cc(C)nc(-n2ccc(C3CC3)n2)c1. The van der Waals surface area contributed by atoms with E-state index in [0.717, 1.165) is 18.1 Å². The molecule has 2 heterocycles. The number of hydrogen-bond acceptors (Lipinski definition) is 3. The van der Waals surface area contributed by atoms with Gasteiger partial charge in [-0.2, -0.15) is 5.10 Å². The third-order valence-electron chi connectivity index (χ3n) is 3.22. The molecular formula is C14H18N4. The molecule has 2 aromatic heterocycles. The first-order valence-corrected chi connectivity index (χ1v) is 6.44. The van der Waals surface area contributed by atoms with Gasteiger partial charge in [-0.1, -0.05) is 0 Å². The molecule has 0 aromatic carbocycles. The third-order valence-corrected chi connectivity index (χ3v) is 3.22. The van der Waals surface area contributed by atoms with E-state index in [1.54, 1.807) is 0 Å². The van der Waals surface area contributed by atoms with Gasteiger partial charge in [0, 0.05) is 24.4 Å². The predicted molar refractivity (Wildman–Crippen MR) is 70.8 cm³/mol. The number of aromatic nitrogens is 3. The molecule has 0 saturated heterocycles. The molecule has 0 atom stereocenters. The lowest BCUT2D eigenvalue weighted by Crippen LogP contribution is -2.08. The molecule has 4 heteroatoms. The second-order valence-corrected chi connectivity index (χ2v) is 4.96. The average molecular weight is 242 g/mol. The molecule has 1 fully saturated rings. The van der Waals surface area contributed by atoms with Gasteiger partial charge in [0.05, 0.1) is 5.69 Å². The average Bonchev–Trinajstić information content (AvgIpc) is 3.07. The van der Waals surface area contributed by atoms with Gasteiger partial charge in [0.2, 0.25) is 0 Å². The standard InChI is InChI=1S/C14H18N4/c1-10-7-11(9-15-2)8-14(16-10)18-6-5-13(17-18)12-3-4-12/h5-8,12,15H,3-4,9H2,1-2H3. The van der Waals surface area contributed by atoms with E-state index >= 15 is 0 Å². The third kappa shape index (κ3) is 2.29. The Morgan fingerprint density at radius 2 is 2.22 bits per heavy atom. The largest absolute Gasteiger partial charge is 0.316 e. The Hall–Kier alpha value is -1.68. The van der Waals surface area contributed by atoms with Gasteiger partial charge in [-0.15, -0.1) is 0 Å². The zero-order valence-corrected chi connectivity index (χ0v) is 10.8. The highest BCUT2D eigenvalue weighted by Gasteiger charge is 2.25. The van der Waals surface area contributed by atoms with E-state index in [-0.39, 0.29) is 0 Å². The number of nitrogens with zero attached hydrogens (tertiary/aromatic N) is 3. The van der Waals surface area contributed by atoms with E-state index in [0.29, 0.717) is 5.92 Å². The van der Waals surface area contributed by atoms with Gasteiger partial charge in [0.15, 0.2) is 5.82 Å². The minimum absolute atomic E-state index is 0.688. The zero-order chi connectivity index (χ0) is 12.5. The number of rotatable bonds is 4. The fourth-order valence-corrected chi connectivity index (χ4v) is 2.21. The smallest absolute Gasteiger partial charge is 0.153 e. The molecule has 0 amide bonds. The van der Waals surface area contributed by atoms with E-state index in [1.165, 1.54) is 24.1 Å². The summed E-state index contributed by atoms with van der Waals surface area (Å²) in [5.74, 6) is 1.60. The van der Waals surface area contributed by atoms with Crippen LogP contribution in [0.25, 0.3) is 5.82 Å². The number of pyridine rings is 1. The minimum atomic E-state index is 0.688. The molecule has 3 rings (SSSR count). The summed E-state index contributed by atoms with van der Waals surface area (Å²) < 4.78 is 1.89. The maximum atomic E-state index is 4.62. The maximum absolute atomic E-state index is 4.62. The van der Waals surface area contributed by atoms with Crippen LogP contribution < -0.4 is 5.32 Å². The Bertz CT molecular complexity index is 555. The van der Waals surface area contributed by atoms with Gasteiger partial charge in [-0.25, -0.2) is 9.67 Å². The minimum Gasteiger partial charge on any atom is -0.316 e. The Kier molecular flexibility index (Phi) is 2.88. The molecular weight excluding hydrogens is 224 g/mol. The van der Waals surface area contributed by atoms with Crippen LogP contribution in [0, 0.1) is 6.92 Å². The second kappa shape index (κ2) is 4.53. The lowest BCUT2D eigenvalue weighted by molar-refractivity contribution is 0.785. The number of nitrogens with one attached hydrogen (secondary N) is 1. The van der Waals surface area contributed by atoms with Crippen LogP contribution in [0.5, 0.6) is 0 Å². The van der Waals surface area contributed by atoms with Crippen molar-refractivity contribution in [3.8, 4) is 5.82 Å². The first-order valence-electron chi connectivity index (χ1n) is 6.44. The van der Waals surface area contributed by atoms with Gasteiger partial charge in [0.25, 0.3) is 0 Å². The van der Waals surface area contributed by atoms with E-state index in [9.17, 15) is 0 Å². The summed E-state index contributed by atoms with van der Waals surface area (Å²) in [6.45, 7) is 2.88. The molecule has 18 heavy (non-hydrogen) atoms. The highest BCUT2D eigenvalue weighted by atomic mass is 15.3. The topological polar surface area (TPSA) is 42.7 Å². The molecule has 1 N–H and O–H groups in total. The van der Waals surface area contributed by atoms with Gasteiger partial charge in [0.1, 0.15) is 0 Å². The fraction of sp³-hybridized carbons (Fsp3) is 0.429. The maximum Gasteiger partial charge on any atom is 0.153 e. The molecule has 94 valence electrons. The molecule has 1 aliphatic carbocycles. The summed E-state index contributed by atoms with van der Waals surface area (Å²) in [7, 11) is 1.95. The summed E-state index contributed by atoms with van der Waals surface area (Å²) in [6, 6.07) is 6.30. The Labute approximate surface area is 107 Å². The molecule has 1 saturated carbocycles. The van der Waals surface area contributed by atoms with E-state index in [4.69, 9.17) is 0 Å². The van der Waals surface area contributed by atoms with Crippen LogP contribution in [0.4, 0.5) is 0 Å². The predicted octanol–water partition coefficient (Wildman–Crippen LogP) is 2.17. The monoisotopic (exact) mass is 242 g/mol. The summed E-state index contributed by atoms with van der Waals surface area (Å²) in [5.41, 5.74) is 3.47. The highest BCUT2D eigenvalue weighted by Crippen LogP contribution is 2.38. The van der Waals surface area contributed by atoms with Crippen LogP contribution in [0.1, 0.15) is 35.7 Å². The fourth-order valence-electron chi connectivity index (χ4n) is 2.21. The van der Waals surface area contributed by atoms with Gasteiger partial charge >= 0.3 is 0 Å². The van der Waals surface area contributed by atoms with Crippen molar-refractivity contribution in [2.45, 2.75) is 32.2 Å². The zero-order valence-electron chi connectivity index (χ0n) is 10.8. The van der Waals surface area contributed by atoms with Crippen molar-refractivity contribution in [3.05, 3.63) is 41.3 Å². The lowest BCUT2D eigenvalue weighted by atomic mass is 10.2. The number of hydrogen-bond donors (Lipinski definition) is 1. The molecule has 0 spiro atoms. The molecule has 0 radical (unpaired) electrons. The lowest BCUT2D eigenvalue weighted by Gasteiger charge is -2.06. The molecule has 0 unspecified atom stereocenters. The van der Waals surface area contributed by atoms with Gasteiger partial charge in [-0.3, -0.25) is 0 Å². The van der Waals surface area contributed by atoms with Crippen LogP contribution in [-0.2, 0) is 6.54 Å². The molecule has 0 bridgehead atoms. The van der Waals surface area contributed by atoms with Crippen LogP contribution >= 0.6 is 0 Å². The quantitative estimate of drug-likeness (QED) is 0.893. The van der Waals surface area contributed by atoms with E-state index < -0.39 is 0 Å². The molecule has 4 nitrogen and oxygen atoms in total. The van der Waals surface area contributed by atoms with Crippen molar-refractivity contribution < 1.29 is 0 Å². The summed E-state index contributed by atoms with van der Waals surface area (Å²) in [6.07, 6.45) is 4.57. The summed E-state index contributed by atoms with van der Waals surface area (Å²) in [4.78, 5) is 4.55. The number of aryl methyl sites for hydroxylation is 1. The van der Waals surface area contributed by atoms with Crippen LogP contribution in [0.2, 0.25) is 0 Å². The molecule has 0 aliphatic heterocycles. The van der Waals surface area contributed by atoms with Crippen molar-refractivity contribution in [1.82, 2.24) is 20.1 Å². The first-order chi connectivity index (χ1) is 8.76. The van der Waals surface area contributed by atoms with Crippen molar-refractivity contribution in [3.63, 3.8) is 0 Å². The van der Waals surface area contributed by atoms with Gasteiger partial charge in [-0.05, 0) is 50.6 Å². The normalized spacial score (nSPS) is 15.0. The van der Waals surface area contributed by atoms with Crippen LogP contribution in [0.3, 0.4) is 0 Å². The van der Waals surface area contributed by atoms with Crippen molar-refractivity contribution in [2.24, 2.45) is 0 Å². The van der Waals surface area contributed by atoms with E-state index in [1.807, 2.05) is 24.9 Å². The van der Waals surface area contributed by atoms with Crippen molar-refractivity contribution in [2.75, 3.05) is 7.05 Å². The molecule has 2 aromatic rings. The highest BCUT2D eigenvalue weighted by molar-refractivity contribution is 5.31. The second-order valence-electron chi connectivity index (χ2n) is 4.96. The van der Waals surface area contributed by atoms with E-state index in [2.05, 4.69) is 33.6 Å². The first kappa shape index (κ1) is 11.4. The van der Waals surface area contributed by atoms with Crippen LogP contribution in [0.15, 0.2) is 24.4 Å².